The lowest BCUT2D eigenvalue weighted by atomic mass is 10.1. The van der Waals surface area contributed by atoms with Crippen molar-refractivity contribution in [2.75, 3.05) is 46.8 Å². The average Bonchev–Trinajstić information content (AvgIpc) is 3.00. The zero-order valence-corrected chi connectivity index (χ0v) is 11.1. The minimum Gasteiger partial charge on any atom is -0.339 e. The summed E-state index contributed by atoms with van der Waals surface area (Å²) in [5.41, 5.74) is 0. The van der Waals surface area contributed by atoms with E-state index in [2.05, 4.69) is 39.4 Å². The van der Waals surface area contributed by atoms with Gasteiger partial charge in [-0.3, -0.25) is 4.90 Å². The van der Waals surface area contributed by atoms with Crippen LogP contribution in [-0.4, -0.2) is 66.8 Å². The number of piperazine rings is 1. The second kappa shape index (κ2) is 4.95. The summed E-state index contributed by atoms with van der Waals surface area (Å²) >= 11 is 0. The topological polar surface area (TPSA) is 57.4 Å². The predicted molar refractivity (Wildman–Crippen MR) is 67.4 cm³/mol. The quantitative estimate of drug-likeness (QED) is 0.802. The number of aromatic nitrogens is 2. The first kappa shape index (κ1) is 12.1. The van der Waals surface area contributed by atoms with Crippen LogP contribution >= 0.6 is 0 Å². The molecule has 2 aliphatic heterocycles. The van der Waals surface area contributed by atoms with Gasteiger partial charge in [-0.25, -0.2) is 0 Å². The van der Waals surface area contributed by atoms with Crippen LogP contribution in [0.1, 0.15) is 30.1 Å². The molecule has 2 saturated heterocycles. The Morgan fingerprint density at radius 3 is 3.00 bits per heavy atom. The van der Waals surface area contributed by atoms with Crippen molar-refractivity contribution in [2.45, 2.75) is 18.4 Å². The van der Waals surface area contributed by atoms with E-state index >= 15 is 0 Å². The normalized spacial score (nSPS) is 31.0. The molecule has 0 saturated carbocycles. The zero-order chi connectivity index (χ0) is 12.5. The number of hydrogen-bond acceptors (Lipinski definition) is 6. The zero-order valence-electron chi connectivity index (χ0n) is 11.1. The van der Waals surface area contributed by atoms with Gasteiger partial charge in [0.15, 0.2) is 5.82 Å². The molecule has 0 aromatic carbocycles. The van der Waals surface area contributed by atoms with Gasteiger partial charge in [-0.05, 0) is 27.1 Å². The molecule has 0 amide bonds. The Bertz CT molecular complexity index is 401. The van der Waals surface area contributed by atoms with Crippen LogP contribution in [0.2, 0.25) is 0 Å². The lowest BCUT2D eigenvalue weighted by Gasteiger charge is -2.35. The Labute approximate surface area is 107 Å². The second-order valence-corrected chi connectivity index (χ2v) is 5.44. The molecule has 6 heteroatoms. The van der Waals surface area contributed by atoms with E-state index in [-0.39, 0.29) is 6.04 Å². The lowest BCUT2D eigenvalue weighted by Crippen LogP contribution is -2.45. The van der Waals surface area contributed by atoms with Gasteiger partial charge in [-0.2, -0.15) is 4.98 Å². The number of hydrogen-bond donors (Lipinski definition) is 1. The van der Waals surface area contributed by atoms with Gasteiger partial charge in [0.1, 0.15) is 0 Å². The summed E-state index contributed by atoms with van der Waals surface area (Å²) < 4.78 is 5.44. The minimum absolute atomic E-state index is 0.260. The lowest BCUT2D eigenvalue weighted by molar-refractivity contribution is 0.108. The van der Waals surface area contributed by atoms with E-state index < -0.39 is 0 Å². The summed E-state index contributed by atoms with van der Waals surface area (Å²) in [4.78, 5) is 9.24. The first-order valence-electron chi connectivity index (χ1n) is 6.67. The van der Waals surface area contributed by atoms with Crippen molar-refractivity contribution < 1.29 is 4.52 Å². The molecule has 100 valence electrons. The van der Waals surface area contributed by atoms with Crippen molar-refractivity contribution in [3.8, 4) is 0 Å². The molecule has 18 heavy (non-hydrogen) atoms. The van der Waals surface area contributed by atoms with Crippen LogP contribution < -0.4 is 5.32 Å². The van der Waals surface area contributed by atoms with E-state index in [9.17, 15) is 0 Å². The summed E-state index contributed by atoms with van der Waals surface area (Å²) in [6, 6.07) is 0.260. The maximum absolute atomic E-state index is 5.44. The van der Waals surface area contributed by atoms with Crippen LogP contribution in [0.3, 0.4) is 0 Å². The fourth-order valence-electron chi connectivity index (χ4n) is 2.70. The number of likely N-dealkylation sites (N-methyl/N-ethyl adjacent to an activating group) is 2. The highest BCUT2D eigenvalue weighted by molar-refractivity contribution is 5.02. The van der Waals surface area contributed by atoms with E-state index in [0.29, 0.717) is 5.92 Å². The molecule has 2 unspecified atom stereocenters. The third kappa shape index (κ3) is 2.28. The standard InChI is InChI=1S/C12H21N5O/c1-16-5-6-17(2)10(8-16)11-14-12(18-15-11)9-3-4-13-7-9/h9-10,13H,3-8H2,1-2H3. The highest BCUT2D eigenvalue weighted by Crippen LogP contribution is 2.25. The molecule has 1 N–H and O–H groups in total. The van der Waals surface area contributed by atoms with E-state index in [1.165, 1.54) is 0 Å². The largest absolute Gasteiger partial charge is 0.339 e. The number of rotatable bonds is 2. The van der Waals surface area contributed by atoms with Crippen molar-refractivity contribution >= 4 is 0 Å². The van der Waals surface area contributed by atoms with Crippen molar-refractivity contribution in [1.82, 2.24) is 25.3 Å². The summed E-state index contributed by atoms with van der Waals surface area (Å²) in [6.45, 7) is 5.13. The molecule has 3 rings (SSSR count). The predicted octanol–water partition coefficient (Wildman–Crippen LogP) is 0.0648. The van der Waals surface area contributed by atoms with Gasteiger partial charge in [-0.1, -0.05) is 5.16 Å². The molecule has 3 heterocycles. The van der Waals surface area contributed by atoms with Gasteiger partial charge in [0.2, 0.25) is 5.89 Å². The van der Waals surface area contributed by atoms with Crippen LogP contribution in [0, 0.1) is 0 Å². The molecule has 0 aliphatic carbocycles. The second-order valence-electron chi connectivity index (χ2n) is 5.44. The molecular weight excluding hydrogens is 230 g/mol. The van der Waals surface area contributed by atoms with Crippen LogP contribution in [-0.2, 0) is 0 Å². The van der Waals surface area contributed by atoms with Crippen LogP contribution in [0.5, 0.6) is 0 Å². The smallest absolute Gasteiger partial charge is 0.231 e. The van der Waals surface area contributed by atoms with Crippen molar-refractivity contribution in [3.63, 3.8) is 0 Å². The third-order valence-corrected chi connectivity index (χ3v) is 4.02. The van der Waals surface area contributed by atoms with Gasteiger partial charge in [0.05, 0.1) is 12.0 Å². The maximum Gasteiger partial charge on any atom is 0.231 e. The molecule has 2 fully saturated rings. The van der Waals surface area contributed by atoms with Crippen molar-refractivity contribution in [2.24, 2.45) is 0 Å². The average molecular weight is 251 g/mol. The van der Waals surface area contributed by atoms with Gasteiger partial charge in [0.25, 0.3) is 0 Å². The van der Waals surface area contributed by atoms with Crippen LogP contribution in [0.25, 0.3) is 0 Å². The van der Waals surface area contributed by atoms with Crippen LogP contribution in [0.15, 0.2) is 4.52 Å². The minimum atomic E-state index is 0.260. The summed E-state index contributed by atoms with van der Waals surface area (Å²) in [5.74, 6) is 2.04. The molecule has 6 nitrogen and oxygen atoms in total. The Morgan fingerprint density at radius 2 is 2.22 bits per heavy atom. The Hall–Kier alpha value is -0.980. The highest BCUT2D eigenvalue weighted by atomic mass is 16.5. The number of nitrogens with one attached hydrogen (secondary N) is 1. The van der Waals surface area contributed by atoms with Crippen LogP contribution in [0.4, 0.5) is 0 Å². The van der Waals surface area contributed by atoms with E-state index in [1.54, 1.807) is 0 Å². The first-order valence-corrected chi connectivity index (χ1v) is 6.67. The summed E-state index contributed by atoms with van der Waals surface area (Å²) in [7, 11) is 4.27. The highest BCUT2D eigenvalue weighted by Gasteiger charge is 2.30. The fourth-order valence-corrected chi connectivity index (χ4v) is 2.70. The molecule has 0 spiro atoms. The SMILES string of the molecule is CN1CCN(C)C(c2noc(C3CCNC3)n2)C1. The van der Waals surface area contributed by atoms with E-state index in [1.807, 2.05) is 0 Å². The monoisotopic (exact) mass is 251 g/mol. The van der Waals surface area contributed by atoms with Crippen molar-refractivity contribution in [3.05, 3.63) is 11.7 Å². The molecule has 0 bridgehead atoms. The van der Waals surface area contributed by atoms with E-state index in [0.717, 1.165) is 50.9 Å². The fraction of sp³-hybridized carbons (Fsp3) is 0.833. The first-order chi connectivity index (χ1) is 8.74. The Balaban J connectivity index is 1.75. The van der Waals surface area contributed by atoms with Gasteiger partial charge in [-0.15, -0.1) is 0 Å². The molecule has 1 aromatic heterocycles. The third-order valence-electron chi connectivity index (χ3n) is 4.02. The van der Waals surface area contributed by atoms with Gasteiger partial charge >= 0.3 is 0 Å². The molecule has 1 aromatic rings. The number of nitrogens with zero attached hydrogens (tertiary/aromatic N) is 4. The molecule has 0 radical (unpaired) electrons. The van der Waals surface area contributed by atoms with E-state index in [4.69, 9.17) is 4.52 Å². The van der Waals surface area contributed by atoms with Crippen molar-refractivity contribution in [1.29, 1.82) is 0 Å². The summed E-state index contributed by atoms with van der Waals surface area (Å²) in [5, 5.41) is 7.52. The molecular formula is C12H21N5O. The summed E-state index contributed by atoms with van der Waals surface area (Å²) in [6.07, 6.45) is 1.10. The van der Waals surface area contributed by atoms with Gasteiger partial charge < -0.3 is 14.7 Å². The Kier molecular flexibility index (Phi) is 3.32. The van der Waals surface area contributed by atoms with Gasteiger partial charge in [0, 0.05) is 26.2 Å². The maximum atomic E-state index is 5.44. The molecule has 2 aliphatic rings. The molecule has 2 atom stereocenters. The Morgan fingerprint density at radius 1 is 1.33 bits per heavy atom.